The topological polar surface area (TPSA) is 49.8 Å². The monoisotopic (exact) mass is 528 g/mol. The summed E-state index contributed by atoms with van der Waals surface area (Å²) in [4.78, 5) is 11.8. The van der Waals surface area contributed by atoms with Crippen LogP contribution in [0.15, 0.2) is 34.6 Å². The van der Waals surface area contributed by atoms with Gasteiger partial charge in [-0.2, -0.15) is 0 Å². The fourth-order valence-electron chi connectivity index (χ4n) is 3.94. The number of hydrogen-bond acceptors (Lipinski definition) is 4. The van der Waals surface area contributed by atoms with Gasteiger partial charge in [0.1, 0.15) is 0 Å². The number of hydrogen-bond donors (Lipinski definition) is 1. The van der Waals surface area contributed by atoms with Crippen molar-refractivity contribution in [3.05, 3.63) is 51.5 Å². The molecule has 1 N–H and O–H groups in total. The average Bonchev–Trinajstić information content (AvgIpc) is 3.10. The Morgan fingerprint density at radius 3 is 2.62 bits per heavy atom. The third-order valence-corrected chi connectivity index (χ3v) is 6.28. The Kier molecular flexibility index (Phi) is 9.36. The summed E-state index contributed by atoms with van der Waals surface area (Å²) in [7, 11) is 2.08. The Labute approximate surface area is 196 Å². The summed E-state index contributed by atoms with van der Waals surface area (Å²) in [5.41, 5.74) is 3.89. The molecule has 0 atom stereocenters. The SMILES string of the molecule is CCNC(=NCC1(c2ccccc2C)CCOCC1)N(C)Cc1csc(C)n1.I. The molecule has 7 heteroatoms. The van der Waals surface area contributed by atoms with Gasteiger partial charge in [0.25, 0.3) is 0 Å². The molecule has 1 aliphatic heterocycles. The molecule has 0 bridgehead atoms. The second kappa shape index (κ2) is 11.3. The van der Waals surface area contributed by atoms with Crippen LogP contribution in [0.2, 0.25) is 0 Å². The van der Waals surface area contributed by atoms with E-state index < -0.39 is 0 Å². The first kappa shape index (κ1) is 24.1. The Balaban J connectivity index is 0.00000300. The molecule has 29 heavy (non-hydrogen) atoms. The van der Waals surface area contributed by atoms with E-state index in [0.29, 0.717) is 0 Å². The predicted octanol–water partition coefficient (Wildman–Crippen LogP) is 4.52. The van der Waals surface area contributed by atoms with E-state index in [-0.39, 0.29) is 29.4 Å². The molecule has 5 nitrogen and oxygen atoms in total. The Hall–Kier alpha value is -1.19. The van der Waals surface area contributed by atoms with Gasteiger partial charge < -0.3 is 15.0 Å². The highest BCUT2D eigenvalue weighted by Crippen LogP contribution is 2.37. The maximum atomic E-state index is 5.69. The van der Waals surface area contributed by atoms with Crippen molar-refractivity contribution in [1.82, 2.24) is 15.2 Å². The molecule has 0 spiro atoms. The summed E-state index contributed by atoms with van der Waals surface area (Å²) >= 11 is 1.69. The molecule has 1 saturated heterocycles. The average molecular weight is 529 g/mol. The minimum atomic E-state index is 0. The maximum absolute atomic E-state index is 5.69. The number of aryl methyl sites for hydroxylation is 2. The van der Waals surface area contributed by atoms with E-state index in [4.69, 9.17) is 9.73 Å². The second-order valence-electron chi connectivity index (χ2n) is 7.59. The van der Waals surface area contributed by atoms with Crippen molar-refractivity contribution < 1.29 is 4.74 Å². The molecule has 1 aromatic heterocycles. The van der Waals surface area contributed by atoms with Crippen molar-refractivity contribution >= 4 is 41.3 Å². The van der Waals surface area contributed by atoms with Crippen LogP contribution < -0.4 is 5.32 Å². The number of nitrogens with zero attached hydrogens (tertiary/aromatic N) is 3. The zero-order valence-corrected chi connectivity index (χ0v) is 21.0. The number of ether oxygens (including phenoxy) is 1. The molecule has 1 fully saturated rings. The van der Waals surface area contributed by atoms with Crippen molar-refractivity contribution in [3.8, 4) is 0 Å². The van der Waals surface area contributed by atoms with Crippen LogP contribution in [0, 0.1) is 13.8 Å². The predicted molar refractivity (Wildman–Crippen MR) is 133 cm³/mol. The van der Waals surface area contributed by atoms with Crippen LogP contribution in [0.1, 0.15) is 41.6 Å². The summed E-state index contributed by atoms with van der Waals surface area (Å²) in [5.74, 6) is 0.938. The first-order valence-corrected chi connectivity index (χ1v) is 11.0. The van der Waals surface area contributed by atoms with Gasteiger partial charge in [-0.15, -0.1) is 35.3 Å². The van der Waals surface area contributed by atoms with Crippen molar-refractivity contribution in [2.24, 2.45) is 4.99 Å². The summed E-state index contributed by atoms with van der Waals surface area (Å²) < 4.78 is 5.69. The number of rotatable bonds is 6. The second-order valence-corrected chi connectivity index (χ2v) is 8.65. The van der Waals surface area contributed by atoms with E-state index in [0.717, 1.165) is 62.4 Å². The lowest BCUT2D eigenvalue weighted by Gasteiger charge is -2.38. The van der Waals surface area contributed by atoms with Crippen molar-refractivity contribution in [1.29, 1.82) is 0 Å². The fourth-order valence-corrected chi connectivity index (χ4v) is 4.54. The van der Waals surface area contributed by atoms with Crippen LogP contribution in [-0.4, -0.2) is 49.2 Å². The molecule has 160 valence electrons. The molecule has 2 heterocycles. The molecule has 0 amide bonds. The zero-order valence-electron chi connectivity index (χ0n) is 17.9. The molecule has 0 unspecified atom stereocenters. The van der Waals surface area contributed by atoms with E-state index >= 15 is 0 Å². The smallest absolute Gasteiger partial charge is 0.194 e. The number of aromatic nitrogens is 1. The molecule has 1 aliphatic rings. The van der Waals surface area contributed by atoms with Crippen molar-refractivity contribution in [3.63, 3.8) is 0 Å². The molecule has 1 aromatic carbocycles. The molecule has 0 saturated carbocycles. The van der Waals surface area contributed by atoms with Crippen molar-refractivity contribution in [2.45, 2.75) is 45.6 Å². The Bertz CT molecular complexity index is 802. The van der Waals surface area contributed by atoms with Gasteiger partial charge in [-0.25, -0.2) is 4.98 Å². The van der Waals surface area contributed by atoms with Gasteiger partial charge >= 0.3 is 0 Å². The van der Waals surface area contributed by atoms with Gasteiger partial charge in [0.2, 0.25) is 0 Å². The quantitative estimate of drug-likeness (QED) is 0.340. The van der Waals surface area contributed by atoms with Crippen LogP contribution in [0.25, 0.3) is 0 Å². The first-order chi connectivity index (χ1) is 13.5. The highest BCUT2D eigenvalue weighted by atomic mass is 127. The van der Waals surface area contributed by atoms with E-state index in [1.54, 1.807) is 11.3 Å². The number of guanidine groups is 1. The first-order valence-electron chi connectivity index (χ1n) is 10.1. The van der Waals surface area contributed by atoms with Gasteiger partial charge in [-0.3, -0.25) is 4.99 Å². The normalized spacial score (nSPS) is 16.2. The Morgan fingerprint density at radius 1 is 1.28 bits per heavy atom. The summed E-state index contributed by atoms with van der Waals surface area (Å²) in [6.45, 7) is 10.3. The van der Waals surface area contributed by atoms with E-state index in [1.807, 2.05) is 6.92 Å². The van der Waals surface area contributed by atoms with Gasteiger partial charge in [0, 0.05) is 37.6 Å². The number of aliphatic imine (C=N–C) groups is 1. The van der Waals surface area contributed by atoms with E-state index in [2.05, 4.69) is 65.7 Å². The molecular weight excluding hydrogens is 495 g/mol. The van der Waals surface area contributed by atoms with E-state index in [1.165, 1.54) is 11.1 Å². The van der Waals surface area contributed by atoms with Crippen LogP contribution in [0.3, 0.4) is 0 Å². The molecule has 0 radical (unpaired) electrons. The lowest BCUT2D eigenvalue weighted by molar-refractivity contribution is 0.0528. The van der Waals surface area contributed by atoms with E-state index in [9.17, 15) is 0 Å². The van der Waals surface area contributed by atoms with Gasteiger partial charge in [0.05, 0.1) is 23.8 Å². The van der Waals surface area contributed by atoms with Crippen molar-refractivity contribution in [2.75, 3.05) is 33.4 Å². The summed E-state index contributed by atoms with van der Waals surface area (Å²) in [6.07, 6.45) is 2.02. The third kappa shape index (κ3) is 6.15. The lowest BCUT2D eigenvalue weighted by atomic mass is 9.72. The van der Waals surface area contributed by atoms with Crippen LogP contribution in [-0.2, 0) is 16.7 Å². The number of nitrogens with one attached hydrogen (secondary N) is 1. The standard InChI is InChI=1S/C22H32N4OS.HI/c1-5-23-21(26(4)14-19-15-28-18(3)25-19)24-16-22(10-12-27-13-11-22)20-9-7-6-8-17(20)2;/h6-9,15H,5,10-14,16H2,1-4H3,(H,23,24);1H. The van der Waals surface area contributed by atoms with Crippen LogP contribution >= 0.6 is 35.3 Å². The maximum Gasteiger partial charge on any atom is 0.194 e. The lowest BCUT2D eigenvalue weighted by Crippen LogP contribution is -2.42. The zero-order chi connectivity index (χ0) is 20.0. The van der Waals surface area contributed by atoms with Gasteiger partial charge in [-0.05, 0) is 44.7 Å². The van der Waals surface area contributed by atoms with Gasteiger partial charge in [0.15, 0.2) is 5.96 Å². The summed E-state index contributed by atoms with van der Waals surface area (Å²) in [6, 6.07) is 8.73. The number of halogens is 1. The number of thiazole rings is 1. The molecule has 3 rings (SSSR count). The van der Waals surface area contributed by atoms with Crippen LogP contribution in [0.5, 0.6) is 0 Å². The largest absolute Gasteiger partial charge is 0.381 e. The third-order valence-electron chi connectivity index (χ3n) is 5.46. The van der Waals surface area contributed by atoms with Gasteiger partial charge in [-0.1, -0.05) is 24.3 Å². The molecule has 0 aliphatic carbocycles. The highest BCUT2D eigenvalue weighted by Gasteiger charge is 2.35. The number of benzene rings is 1. The Morgan fingerprint density at radius 2 is 2.00 bits per heavy atom. The fraction of sp³-hybridized carbons (Fsp3) is 0.545. The molecule has 2 aromatic rings. The minimum Gasteiger partial charge on any atom is -0.381 e. The molecular formula is C22H33IN4OS. The van der Waals surface area contributed by atoms with Crippen LogP contribution in [0.4, 0.5) is 0 Å². The minimum absolute atomic E-state index is 0. The summed E-state index contributed by atoms with van der Waals surface area (Å²) in [5, 5.41) is 6.68. The highest BCUT2D eigenvalue weighted by molar-refractivity contribution is 14.0.